The van der Waals surface area contributed by atoms with Crippen molar-refractivity contribution in [2.45, 2.75) is 51.0 Å². The lowest BCUT2D eigenvalue weighted by Gasteiger charge is -2.31. The highest BCUT2D eigenvalue weighted by molar-refractivity contribution is 5.26. The summed E-state index contributed by atoms with van der Waals surface area (Å²) < 4.78 is 40.7. The fourth-order valence-corrected chi connectivity index (χ4v) is 3.03. The zero-order chi connectivity index (χ0) is 14.8. The fourth-order valence-electron chi connectivity index (χ4n) is 3.03. The average Bonchev–Trinajstić information content (AvgIpc) is 2.38. The Hall–Kier alpha value is -1.07. The van der Waals surface area contributed by atoms with Crippen LogP contribution >= 0.6 is 0 Å². The van der Waals surface area contributed by atoms with Gasteiger partial charge in [-0.05, 0) is 38.2 Å². The van der Waals surface area contributed by atoms with Crippen LogP contribution in [0.15, 0.2) is 18.2 Å². The molecule has 1 saturated carbocycles. The monoisotopic (exact) mass is 286 g/mol. The molecule has 0 amide bonds. The van der Waals surface area contributed by atoms with Gasteiger partial charge >= 0.3 is 0 Å². The third-order valence-corrected chi connectivity index (χ3v) is 4.04. The Morgan fingerprint density at radius 1 is 1.45 bits per heavy atom. The zero-order valence-corrected chi connectivity index (χ0v) is 11.6. The van der Waals surface area contributed by atoms with Crippen molar-refractivity contribution in [1.29, 1.82) is 0 Å². The number of halogens is 3. The number of benzene rings is 1. The molecule has 112 valence electrons. The molecule has 2 unspecified atom stereocenters. The Morgan fingerprint density at radius 2 is 2.20 bits per heavy atom. The Morgan fingerprint density at radius 3 is 2.85 bits per heavy atom. The SMILES string of the molecule is Cc1ccc(F)c(C(CC2CCCC(F)(F)C2)NN)c1. The summed E-state index contributed by atoms with van der Waals surface area (Å²) in [4.78, 5) is 0. The maximum absolute atomic E-state index is 13.9. The van der Waals surface area contributed by atoms with Gasteiger partial charge in [-0.15, -0.1) is 0 Å². The maximum Gasteiger partial charge on any atom is 0.248 e. The number of alkyl halides is 2. The number of hydrogen-bond donors (Lipinski definition) is 2. The van der Waals surface area contributed by atoms with Gasteiger partial charge in [0.1, 0.15) is 5.82 Å². The van der Waals surface area contributed by atoms with E-state index in [1.165, 1.54) is 6.07 Å². The summed E-state index contributed by atoms with van der Waals surface area (Å²) in [5.41, 5.74) is 3.96. The van der Waals surface area contributed by atoms with Crippen molar-refractivity contribution >= 4 is 0 Å². The van der Waals surface area contributed by atoms with Crippen LogP contribution in [-0.2, 0) is 0 Å². The van der Waals surface area contributed by atoms with E-state index in [2.05, 4.69) is 5.43 Å². The Balaban J connectivity index is 2.10. The first-order valence-corrected chi connectivity index (χ1v) is 7.01. The van der Waals surface area contributed by atoms with Gasteiger partial charge < -0.3 is 0 Å². The largest absolute Gasteiger partial charge is 0.271 e. The van der Waals surface area contributed by atoms with Gasteiger partial charge in [-0.2, -0.15) is 0 Å². The molecule has 1 fully saturated rings. The van der Waals surface area contributed by atoms with Crippen LogP contribution in [0.25, 0.3) is 0 Å². The van der Waals surface area contributed by atoms with Gasteiger partial charge in [0, 0.05) is 24.4 Å². The molecular weight excluding hydrogens is 265 g/mol. The van der Waals surface area contributed by atoms with E-state index in [0.29, 0.717) is 18.4 Å². The van der Waals surface area contributed by atoms with Gasteiger partial charge in [0.25, 0.3) is 0 Å². The van der Waals surface area contributed by atoms with Crippen molar-refractivity contribution in [2.24, 2.45) is 11.8 Å². The van der Waals surface area contributed by atoms with Gasteiger partial charge in [-0.3, -0.25) is 11.3 Å². The van der Waals surface area contributed by atoms with Gasteiger partial charge in [-0.1, -0.05) is 17.7 Å². The quantitative estimate of drug-likeness (QED) is 0.651. The van der Waals surface area contributed by atoms with Gasteiger partial charge in [0.05, 0.1) is 0 Å². The molecule has 1 aliphatic carbocycles. The molecule has 2 atom stereocenters. The number of rotatable bonds is 4. The van der Waals surface area contributed by atoms with Crippen molar-refractivity contribution in [2.75, 3.05) is 0 Å². The second kappa shape index (κ2) is 6.14. The third kappa shape index (κ3) is 3.73. The first-order valence-electron chi connectivity index (χ1n) is 7.01. The van der Waals surface area contributed by atoms with Crippen LogP contribution in [0.3, 0.4) is 0 Å². The number of hydrazine groups is 1. The third-order valence-electron chi connectivity index (χ3n) is 4.04. The van der Waals surface area contributed by atoms with Crippen LogP contribution in [0.5, 0.6) is 0 Å². The number of nitrogens with two attached hydrogens (primary N) is 1. The lowest BCUT2D eigenvalue weighted by Crippen LogP contribution is -2.33. The second-order valence-electron chi connectivity index (χ2n) is 5.80. The van der Waals surface area contributed by atoms with E-state index in [1.807, 2.05) is 6.92 Å². The molecule has 1 aliphatic rings. The zero-order valence-electron chi connectivity index (χ0n) is 11.6. The van der Waals surface area contributed by atoms with Gasteiger partial charge in [0.2, 0.25) is 5.92 Å². The minimum Gasteiger partial charge on any atom is -0.271 e. The number of nitrogens with one attached hydrogen (secondary N) is 1. The number of aryl methyl sites for hydroxylation is 1. The van der Waals surface area contributed by atoms with E-state index >= 15 is 0 Å². The predicted octanol–water partition coefficient (Wildman–Crippen LogP) is 3.85. The van der Waals surface area contributed by atoms with Crippen LogP contribution in [0.1, 0.15) is 49.3 Å². The minimum absolute atomic E-state index is 0.0387. The second-order valence-corrected chi connectivity index (χ2v) is 5.80. The van der Waals surface area contributed by atoms with Crippen molar-refractivity contribution in [3.05, 3.63) is 35.1 Å². The molecule has 0 bridgehead atoms. The molecule has 2 rings (SSSR count). The van der Waals surface area contributed by atoms with Crippen LogP contribution in [0.2, 0.25) is 0 Å². The topological polar surface area (TPSA) is 38.0 Å². The van der Waals surface area contributed by atoms with E-state index in [9.17, 15) is 13.2 Å². The molecule has 0 saturated heterocycles. The summed E-state index contributed by atoms with van der Waals surface area (Å²) in [7, 11) is 0. The molecule has 0 aliphatic heterocycles. The molecule has 0 heterocycles. The smallest absolute Gasteiger partial charge is 0.248 e. The van der Waals surface area contributed by atoms with E-state index in [0.717, 1.165) is 12.0 Å². The summed E-state index contributed by atoms with van der Waals surface area (Å²) in [5, 5.41) is 0. The Kier molecular flexibility index (Phi) is 4.70. The molecule has 0 aromatic heterocycles. The summed E-state index contributed by atoms with van der Waals surface area (Å²) in [6, 6.07) is 4.38. The Labute approximate surface area is 117 Å². The van der Waals surface area contributed by atoms with Crippen LogP contribution in [0, 0.1) is 18.7 Å². The van der Waals surface area contributed by atoms with Crippen molar-refractivity contribution in [3.63, 3.8) is 0 Å². The Bertz CT molecular complexity index is 462. The lowest BCUT2D eigenvalue weighted by molar-refractivity contribution is -0.0548. The predicted molar refractivity (Wildman–Crippen MR) is 72.7 cm³/mol. The maximum atomic E-state index is 13.9. The van der Waals surface area contributed by atoms with Crippen molar-refractivity contribution in [3.8, 4) is 0 Å². The molecule has 20 heavy (non-hydrogen) atoms. The highest BCUT2D eigenvalue weighted by atomic mass is 19.3. The van der Waals surface area contributed by atoms with E-state index in [4.69, 9.17) is 5.84 Å². The number of hydrogen-bond acceptors (Lipinski definition) is 2. The summed E-state index contributed by atoms with van der Waals surface area (Å²) in [5.74, 6) is 2.44. The molecular formula is C15H21F3N2. The fraction of sp³-hybridized carbons (Fsp3) is 0.600. The van der Waals surface area contributed by atoms with Crippen LogP contribution in [0.4, 0.5) is 13.2 Å². The van der Waals surface area contributed by atoms with Crippen molar-refractivity contribution < 1.29 is 13.2 Å². The molecule has 1 aromatic rings. The van der Waals surface area contributed by atoms with Gasteiger partial charge in [-0.25, -0.2) is 13.2 Å². The van der Waals surface area contributed by atoms with Crippen LogP contribution < -0.4 is 11.3 Å². The molecule has 0 spiro atoms. The highest BCUT2D eigenvalue weighted by Gasteiger charge is 2.37. The molecule has 1 aromatic carbocycles. The summed E-state index contributed by atoms with van der Waals surface area (Å²) in [6.07, 6.45) is 1.54. The van der Waals surface area contributed by atoms with E-state index < -0.39 is 12.0 Å². The standard InChI is InChI=1S/C15H21F3N2/c1-10-4-5-13(16)12(7-10)14(20-19)8-11-3-2-6-15(17,18)9-11/h4-5,7,11,14,20H,2-3,6,8-9,19H2,1H3. The van der Waals surface area contributed by atoms with E-state index in [1.54, 1.807) is 12.1 Å². The first-order chi connectivity index (χ1) is 9.41. The highest BCUT2D eigenvalue weighted by Crippen LogP contribution is 2.40. The lowest BCUT2D eigenvalue weighted by atomic mass is 9.81. The van der Waals surface area contributed by atoms with Crippen molar-refractivity contribution in [1.82, 2.24) is 5.43 Å². The van der Waals surface area contributed by atoms with Gasteiger partial charge in [0.15, 0.2) is 0 Å². The molecule has 0 radical (unpaired) electrons. The van der Waals surface area contributed by atoms with Crippen LogP contribution in [-0.4, -0.2) is 5.92 Å². The average molecular weight is 286 g/mol. The normalized spacial score (nSPS) is 23.6. The molecule has 2 nitrogen and oxygen atoms in total. The minimum atomic E-state index is -2.59. The molecule has 3 N–H and O–H groups in total. The van der Waals surface area contributed by atoms with E-state index in [-0.39, 0.29) is 24.6 Å². The molecule has 5 heteroatoms. The first kappa shape index (κ1) is 15.3. The summed E-state index contributed by atoms with van der Waals surface area (Å²) >= 11 is 0. The summed E-state index contributed by atoms with van der Waals surface area (Å²) in [6.45, 7) is 1.87.